The van der Waals surface area contributed by atoms with E-state index in [4.69, 9.17) is 4.74 Å². The number of hydrogen-bond acceptors (Lipinski definition) is 4. The molecule has 2 heterocycles. The van der Waals surface area contributed by atoms with Crippen LogP contribution in [0.5, 0.6) is 5.75 Å². The number of rotatable bonds is 5. The molecule has 3 aromatic rings. The van der Waals surface area contributed by atoms with Crippen LogP contribution in [-0.4, -0.2) is 40.3 Å². The van der Waals surface area contributed by atoms with E-state index in [2.05, 4.69) is 15.3 Å². The Kier molecular flexibility index (Phi) is 4.50. The number of imidazole rings is 1. The van der Waals surface area contributed by atoms with Crippen molar-refractivity contribution in [3.8, 4) is 5.75 Å². The molecule has 27 heavy (non-hydrogen) atoms. The van der Waals surface area contributed by atoms with Gasteiger partial charge in [-0.05, 0) is 18.2 Å². The van der Waals surface area contributed by atoms with Crippen molar-refractivity contribution >= 4 is 28.8 Å². The van der Waals surface area contributed by atoms with Crippen LogP contribution in [0.15, 0.2) is 48.5 Å². The van der Waals surface area contributed by atoms with Crippen molar-refractivity contribution in [2.75, 3.05) is 19.0 Å². The number of fused-ring (bicyclic) bond motifs is 1. The second-order valence-electron chi connectivity index (χ2n) is 6.58. The summed E-state index contributed by atoms with van der Waals surface area (Å²) in [6.45, 7) is 0.806. The Morgan fingerprint density at radius 2 is 2.04 bits per heavy atom. The number of aromatic amines is 1. The van der Waals surface area contributed by atoms with Crippen LogP contribution in [0.25, 0.3) is 11.0 Å². The summed E-state index contributed by atoms with van der Waals surface area (Å²) in [4.78, 5) is 34.1. The summed E-state index contributed by atoms with van der Waals surface area (Å²) < 4.78 is 5.34. The summed E-state index contributed by atoms with van der Waals surface area (Å²) in [6.07, 6.45) is 0.196. The van der Waals surface area contributed by atoms with Gasteiger partial charge in [0.05, 0.1) is 24.1 Å². The van der Waals surface area contributed by atoms with E-state index in [-0.39, 0.29) is 18.2 Å². The van der Waals surface area contributed by atoms with Gasteiger partial charge in [0.25, 0.3) is 0 Å². The monoisotopic (exact) mass is 364 g/mol. The van der Waals surface area contributed by atoms with Crippen molar-refractivity contribution in [3.05, 3.63) is 54.1 Å². The van der Waals surface area contributed by atoms with Gasteiger partial charge in [0, 0.05) is 25.1 Å². The number of carbonyl (C=O) groups excluding carboxylic acids is 2. The maximum absolute atomic E-state index is 12.6. The molecule has 0 spiro atoms. The van der Waals surface area contributed by atoms with E-state index < -0.39 is 5.92 Å². The minimum absolute atomic E-state index is 0.0364. The third-order valence-corrected chi connectivity index (χ3v) is 4.77. The maximum atomic E-state index is 12.6. The third-order valence-electron chi connectivity index (χ3n) is 4.77. The molecule has 2 aromatic carbocycles. The smallest absolute Gasteiger partial charge is 0.232 e. The summed E-state index contributed by atoms with van der Waals surface area (Å²) in [7, 11) is 1.61. The lowest BCUT2D eigenvalue weighted by Crippen LogP contribution is -2.28. The SMILES string of the molecule is COc1ccccc1CN1C[C@H](C(=O)Nc2nc3ccccc3[nH]2)CC1=O. The number of likely N-dealkylation sites (tertiary alicyclic amines) is 1. The topological polar surface area (TPSA) is 87.3 Å². The van der Waals surface area contributed by atoms with Crippen LogP contribution in [0, 0.1) is 5.92 Å². The van der Waals surface area contributed by atoms with Crippen LogP contribution in [-0.2, 0) is 16.1 Å². The van der Waals surface area contributed by atoms with Gasteiger partial charge in [-0.1, -0.05) is 30.3 Å². The fraction of sp³-hybridized carbons (Fsp3) is 0.250. The second kappa shape index (κ2) is 7.11. The number of methoxy groups -OCH3 is 1. The van der Waals surface area contributed by atoms with Crippen LogP contribution < -0.4 is 10.1 Å². The zero-order valence-corrected chi connectivity index (χ0v) is 14.9. The van der Waals surface area contributed by atoms with Gasteiger partial charge in [0.2, 0.25) is 17.8 Å². The fourth-order valence-corrected chi connectivity index (χ4v) is 3.37. The summed E-state index contributed by atoms with van der Waals surface area (Å²) in [6, 6.07) is 15.1. The zero-order valence-electron chi connectivity index (χ0n) is 14.9. The van der Waals surface area contributed by atoms with E-state index in [1.807, 2.05) is 48.5 Å². The molecular weight excluding hydrogens is 344 g/mol. The molecule has 1 saturated heterocycles. The average molecular weight is 364 g/mol. The van der Waals surface area contributed by atoms with Gasteiger partial charge in [-0.25, -0.2) is 4.98 Å². The zero-order chi connectivity index (χ0) is 18.8. The van der Waals surface area contributed by atoms with Crippen molar-refractivity contribution in [3.63, 3.8) is 0 Å². The Balaban J connectivity index is 1.42. The van der Waals surface area contributed by atoms with E-state index in [0.29, 0.717) is 19.0 Å². The van der Waals surface area contributed by atoms with Crippen molar-refractivity contribution in [1.82, 2.24) is 14.9 Å². The molecule has 7 nitrogen and oxygen atoms in total. The van der Waals surface area contributed by atoms with Crippen molar-refractivity contribution in [1.29, 1.82) is 0 Å². The molecular formula is C20H20N4O3. The van der Waals surface area contributed by atoms with Gasteiger partial charge in [-0.3, -0.25) is 14.9 Å². The number of benzene rings is 2. The third kappa shape index (κ3) is 3.48. The Bertz CT molecular complexity index is 965. The molecule has 1 aliphatic rings. The summed E-state index contributed by atoms with van der Waals surface area (Å²) in [5, 5.41) is 2.79. The van der Waals surface area contributed by atoms with Crippen LogP contribution in [0.3, 0.4) is 0 Å². The van der Waals surface area contributed by atoms with E-state index in [0.717, 1.165) is 22.3 Å². The largest absolute Gasteiger partial charge is 0.496 e. The Hall–Kier alpha value is -3.35. The first kappa shape index (κ1) is 17.1. The van der Waals surface area contributed by atoms with Crippen molar-refractivity contribution in [2.45, 2.75) is 13.0 Å². The molecule has 2 N–H and O–H groups in total. The van der Waals surface area contributed by atoms with E-state index in [1.165, 1.54) is 0 Å². The Morgan fingerprint density at radius 1 is 1.26 bits per heavy atom. The van der Waals surface area contributed by atoms with Gasteiger partial charge in [0.15, 0.2) is 0 Å². The Labute approximate surface area is 156 Å². The minimum atomic E-state index is -0.402. The number of hydrogen-bond donors (Lipinski definition) is 2. The van der Waals surface area contributed by atoms with Crippen LogP contribution in [0.4, 0.5) is 5.95 Å². The molecule has 1 aromatic heterocycles. The highest BCUT2D eigenvalue weighted by atomic mass is 16.5. The molecule has 7 heteroatoms. The highest BCUT2D eigenvalue weighted by Gasteiger charge is 2.34. The standard InChI is InChI=1S/C20H20N4O3/c1-27-17-9-5-2-6-13(17)11-24-12-14(10-18(24)25)19(26)23-20-21-15-7-3-4-8-16(15)22-20/h2-9,14H,10-12H2,1H3,(H2,21,22,23,26)/t14-/m1/s1. The lowest BCUT2D eigenvalue weighted by molar-refractivity contribution is -0.128. The highest BCUT2D eigenvalue weighted by molar-refractivity contribution is 5.97. The van der Waals surface area contributed by atoms with Gasteiger partial charge >= 0.3 is 0 Å². The first-order chi connectivity index (χ1) is 13.1. The number of para-hydroxylation sites is 3. The predicted molar refractivity (Wildman–Crippen MR) is 101 cm³/mol. The molecule has 2 amide bonds. The number of amides is 2. The molecule has 4 rings (SSSR count). The normalized spacial score (nSPS) is 16.7. The van der Waals surface area contributed by atoms with Gasteiger partial charge in [-0.2, -0.15) is 0 Å². The summed E-state index contributed by atoms with van der Waals surface area (Å²) >= 11 is 0. The maximum Gasteiger partial charge on any atom is 0.232 e. The first-order valence-electron chi connectivity index (χ1n) is 8.79. The number of ether oxygens (including phenoxy) is 1. The van der Waals surface area contributed by atoms with Crippen LogP contribution in [0.2, 0.25) is 0 Å². The number of H-pyrrole nitrogens is 1. The molecule has 0 bridgehead atoms. The number of aromatic nitrogens is 2. The summed E-state index contributed by atoms with van der Waals surface area (Å²) in [5.41, 5.74) is 2.56. The van der Waals surface area contributed by atoms with Gasteiger partial charge < -0.3 is 14.6 Å². The summed E-state index contributed by atoms with van der Waals surface area (Å²) in [5.74, 6) is 0.494. The lowest BCUT2D eigenvalue weighted by Gasteiger charge is -2.18. The van der Waals surface area contributed by atoms with E-state index in [1.54, 1.807) is 12.0 Å². The van der Waals surface area contributed by atoms with Crippen LogP contribution in [0.1, 0.15) is 12.0 Å². The molecule has 0 aliphatic carbocycles. The molecule has 1 aliphatic heterocycles. The molecule has 0 saturated carbocycles. The van der Waals surface area contributed by atoms with Crippen molar-refractivity contribution < 1.29 is 14.3 Å². The first-order valence-corrected chi connectivity index (χ1v) is 8.79. The lowest BCUT2D eigenvalue weighted by atomic mass is 10.1. The quantitative estimate of drug-likeness (QED) is 0.728. The van der Waals surface area contributed by atoms with E-state index in [9.17, 15) is 9.59 Å². The number of carbonyl (C=O) groups is 2. The molecule has 1 fully saturated rings. The molecule has 0 radical (unpaired) electrons. The molecule has 138 valence electrons. The number of nitrogens with one attached hydrogen (secondary N) is 2. The highest BCUT2D eigenvalue weighted by Crippen LogP contribution is 2.25. The Morgan fingerprint density at radius 3 is 2.85 bits per heavy atom. The van der Waals surface area contributed by atoms with Gasteiger partial charge in [-0.15, -0.1) is 0 Å². The number of anilines is 1. The molecule has 1 atom stereocenters. The fourth-order valence-electron chi connectivity index (χ4n) is 3.37. The van der Waals surface area contributed by atoms with E-state index >= 15 is 0 Å². The second-order valence-corrected chi connectivity index (χ2v) is 6.58. The average Bonchev–Trinajstić information content (AvgIpc) is 3.25. The van der Waals surface area contributed by atoms with Gasteiger partial charge in [0.1, 0.15) is 5.75 Å². The molecule has 0 unspecified atom stereocenters. The minimum Gasteiger partial charge on any atom is -0.496 e. The number of nitrogens with zero attached hydrogens (tertiary/aromatic N) is 2. The van der Waals surface area contributed by atoms with Crippen LogP contribution >= 0.6 is 0 Å². The van der Waals surface area contributed by atoms with Crippen molar-refractivity contribution in [2.24, 2.45) is 5.92 Å². The predicted octanol–water partition coefficient (Wildman–Crippen LogP) is 2.56.